The molecule has 2 N–H and O–H groups in total. The largest absolute Gasteiger partial charge is 0.396 e. The first-order valence-corrected chi connectivity index (χ1v) is 8.32. The highest BCUT2D eigenvalue weighted by Crippen LogP contribution is 2.34. The van der Waals surface area contributed by atoms with Crippen molar-refractivity contribution in [1.82, 2.24) is 4.90 Å². The Morgan fingerprint density at radius 3 is 2.91 bits per heavy atom. The van der Waals surface area contributed by atoms with Crippen LogP contribution in [0.25, 0.3) is 0 Å². The molecule has 1 heterocycles. The van der Waals surface area contributed by atoms with Crippen LogP contribution in [0.5, 0.6) is 0 Å². The van der Waals surface area contributed by atoms with Crippen LogP contribution in [0.2, 0.25) is 0 Å². The number of aliphatic hydroxyl groups is 2. The summed E-state index contributed by atoms with van der Waals surface area (Å²) in [5.41, 5.74) is 0.194. The maximum Gasteiger partial charge on any atom is 0.222 e. The van der Waals surface area contributed by atoms with Gasteiger partial charge in [-0.05, 0) is 37.0 Å². The van der Waals surface area contributed by atoms with Gasteiger partial charge >= 0.3 is 0 Å². The molecule has 0 bridgehead atoms. The number of carbonyl (C=O) groups excluding carboxylic acids is 1. The molecule has 1 aromatic carbocycles. The molecule has 128 valence electrons. The molecule has 1 aliphatic rings. The number of piperidine rings is 1. The zero-order chi connectivity index (χ0) is 16.9. The van der Waals surface area contributed by atoms with Crippen molar-refractivity contribution in [3.63, 3.8) is 0 Å². The summed E-state index contributed by atoms with van der Waals surface area (Å²) in [4.78, 5) is 14.2. The number of amides is 1. The Balaban J connectivity index is 1.96. The smallest absolute Gasteiger partial charge is 0.222 e. The van der Waals surface area contributed by atoms with Crippen molar-refractivity contribution < 1.29 is 19.4 Å². The molecule has 0 spiro atoms. The van der Waals surface area contributed by atoms with Crippen LogP contribution in [0.15, 0.2) is 24.3 Å². The van der Waals surface area contributed by atoms with E-state index in [1.54, 1.807) is 11.0 Å². The van der Waals surface area contributed by atoms with Crippen molar-refractivity contribution in [1.29, 1.82) is 0 Å². The molecule has 0 saturated carbocycles. The highest BCUT2D eigenvalue weighted by atomic mass is 19.1. The van der Waals surface area contributed by atoms with Gasteiger partial charge in [0, 0.05) is 24.9 Å². The van der Waals surface area contributed by atoms with Crippen molar-refractivity contribution in [2.24, 2.45) is 5.41 Å². The van der Waals surface area contributed by atoms with E-state index in [4.69, 9.17) is 0 Å². The van der Waals surface area contributed by atoms with E-state index in [0.29, 0.717) is 38.8 Å². The van der Waals surface area contributed by atoms with E-state index >= 15 is 0 Å². The maximum absolute atomic E-state index is 13.2. The van der Waals surface area contributed by atoms with Crippen LogP contribution in [0.1, 0.15) is 38.2 Å². The van der Waals surface area contributed by atoms with Gasteiger partial charge in [0.25, 0.3) is 0 Å². The minimum absolute atomic E-state index is 0.00455. The van der Waals surface area contributed by atoms with Crippen LogP contribution in [0.3, 0.4) is 0 Å². The van der Waals surface area contributed by atoms with Crippen molar-refractivity contribution in [3.8, 4) is 0 Å². The van der Waals surface area contributed by atoms with E-state index in [1.165, 1.54) is 12.1 Å². The summed E-state index contributed by atoms with van der Waals surface area (Å²) in [6.07, 6.45) is 2.27. The SMILES string of the molecule is CCC[C@@]1(CO)CN(C(=O)CCc2cccc(F)c2)CC[C@@H]1O. The number of halogens is 1. The Bertz CT molecular complexity index is 537. The molecule has 0 aliphatic carbocycles. The minimum Gasteiger partial charge on any atom is -0.396 e. The molecule has 5 heteroatoms. The number of hydrogen-bond acceptors (Lipinski definition) is 3. The first-order chi connectivity index (χ1) is 11.0. The van der Waals surface area contributed by atoms with Gasteiger partial charge in [-0.1, -0.05) is 25.5 Å². The zero-order valence-electron chi connectivity index (χ0n) is 13.7. The number of benzene rings is 1. The lowest BCUT2D eigenvalue weighted by molar-refractivity contribution is -0.142. The van der Waals surface area contributed by atoms with Gasteiger partial charge < -0.3 is 15.1 Å². The van der Waals surface area contributed by atoms with E-state index in [9.17, 15) is 19.4 Å². The van der Waals surface area contributed by atoms with Crippen LogP contribution in [0.4, 0.5) is 4.39 Å². The first-order valence-electron chi connectivity index (χ1n) is 8.32. The molecule has 1 amide bonds. The second-order valence-corrected chi connectivity index (χ2v) is 6.52. The summed E-state index contributed by atoms with van der Waals surface area (Å²) in [5, 5.41) is 20.0. The fraction of sp³-hybridized carbons (Fsp3) is 0.611. The second kappa shape index (κ2) is 7.88. The Morgan fingerprint density at radius 2 is 2.26 bits per heavy atom. The zero-order valence-corrected chi connectivity index (χ0v) is 13.7. The molecule has 1 aliphatic heterocycles. The minimum atomic E-state index is -0.610. The fourth-order valence-corrected chi connectivity index (χ4v) is 3.44. The average Bonchev–Trinajstić information content (AvgIpc) is 2.55. The molecule has 0 radical (unpaired) electrons. The summed E-state index contributed by atoms with van der Waals surface area (Å²) in [6, 6.07) is 6.29. The van der Waals surface area contributed by atoms with Crippen molar-refractivity contribution >= 4 is 5.91 Å². The first kappa shape index (κ1) is 17.9. The summed E-state index contributed by atoms with van der Waals surface area (Å²) >= 11 is 0. The maximum atomic E-state index is 13.2. The normalized spacial score (nSPS) is 24.7. The van der Waals surface area contributed by atoms with E-state index in [-0.39, 0.29) is 18.3 Å². The molecule has 0 unspecified atom stereocenters. The van der Waals surface area contributed by atoms with Crippen LogP contribution < -0.4 is 0 Å². The van der Waals surface area contributed by atoms with Gasteiger partial charge in [-0.3, -0.25) is 4.79 Å². The summed E-state index contributed by atoms with van der Waals surface area (Å²) < 4.78 is 13.2. The van der Waals surface area contributed by atoms with E-state index < -0.39 is 11.5 Å². The summed E-state index contributed by atoms with van der Waals surface area (Å²) in [6.45, 7) is 2.79. The summed E-state index contributed by atoms with van der Waals surface area (Å²) in [5.74, 6) is -0.298. The molecule has 2 rings (SSSR count). The fourth-order valence-electron chi connectivity index (χ4n) is 3.44. The van der Waals surface area contributed by atoms with Gasteiger partial charge in [-0.25, -0.2) is 4.39 Å². The standard InChI is InChI=1S/C18H26FNO3/c1-2-9-18(13-21)12-20(10-8-16(18)22)17(23)7-6-14-4-3-5-15(19)11-14/h3-5,11,16,21-22H,2,6-10,12-13H2,1H3/t16-,18-/m0/s1. The highest BCUT2D eigenvalue weighted by Gasteiger charge is 2.42. The van der Waals surface area contributed by atoms with Crippen LogP contribution in [0, 0.1) is 11.2 Å². The lowest BCUT2D eigenvalue weighted by Gasteiger charge is -2.45. The molecule has 23 heavy (non-hydrogen) atoms. The number of carbonyl (C=O) groups is 1. The van der Waals surface area contributed by atoms with Gasteiger partial charge in [0.1, 0.15) is 5.82 Å². The quantitative estimate of drug-likeness (QED) is 0.843. The lowest BCUT2D eigenvalue weighted by Crippen LogP contribution is -2.55. The molecule has 1 fully saturated rings. The van der Waals surface area contributed by atoms with Gasteiger partial charge in [0.2, 0.25) is 5.91 Å². The number of nitrogens with zero attached hydrogens (tertiary/aromatic N) is 1. The van der Waals surface area contributed by atoms with Crippen LogP contribution >= 0.6 is 0 Å². The molecule has 0 aromatic heterocycles. The average molecular weight is 323 g/mol. The van der Waals surface area contributed by atoms with Crippen LogP contribution in [-0.2, 0) is 11.2 Å². The Morgan fingerprint density at radius 1 is 1.48 bits per heavy atom. The topological polar surface area (TPSA) is 60.8 Å². The number of likely N-dealkylation sites (tertiary alicyclic amines) is 1. The van der Waals surface area contributed by atoms with E-state index in [0.717, 1.165) is 12.0 Å². The molecule has 1 saturated heterocycles. The molecule has 4 nitrogen and oxygen atoms in total. The van der Waals surface area contributed by atoms with E-state index in [2.05, 4.69) is 0 Å². The van der Waals surface area contributed by atoms with Gasteiger partial charge in [0.15, 0.2) is 0 Å². The third-order valence-corrected chi connectivity index (χ3v) is 4.82. The predicted octanol–water partition coefficient (Wildman–Crippen LogP) is 2.13. The number of hydrogen-bond donors (Lipinski definition) is 2. The predicted molar refractivity (Wildman–Crippen MR) is 86.4 cm³/mol. The Hall–Kier alpha value is -1.46. The van der Waals surface area contributed by atoms with Crippen molar-refractivity contribution in [2.75, 3.05) is 19.7 Å². The summed E-state index contributed by atoms with van der Waals surface area (Å²) in [7, 11) is 0. The molecule has 2 atom stereocenters. The monoisotopic (exact) mass is 323 g/mol. The third-order valence-electron chi connectivity index (χ3n) is 4.82. The van der Waals surface area contributed by atoms with E-state index in [1.807, 2.05) is 13.0 Å². The Labute approximate surface area is 136 Å². The molecular formula is C18H26FNO3. The molecular weight excluding hydrogens is 297 g/mol. The van der Waals surface area contributed by atoms with Crippen LogP contribution in [-0.4, -0.2) is 46.8 Å². The number of aryl methyl sites for hydroxylation is 1. The Kier molecular flexibility index (Phi) is 6.13. The number of rotatable bonds is 6. The van der Waals surface area contributed by atoms with Gasteiger partial charge in [-0.15, -0.1) is 0 Å². The lowest BCUT2D eigenvalue weighted by atomic mass is 9.74. The second-order valence-electron chi connectivity index (χ2n) is 6.52. The van der Waals surface area contributed by atoms with Gasteiger partial charge in [-0.2, -0.15) is 0 Å². The molecule has 1 aromatic rings. The highest BCUT2D eigenvalue weighted by molar-refractivity contribution is 5.76. The van der Waals surface area contributed by atoms with Crippen molar-refractivity contribution in [2.45, 2.75) is 45.1 Å². The van der Waals surface area contributed by atoms with Crippen molar-refractivity contribution in [3.05, 3.63) is 35.6 Å². The number of aliphatic hydroxyl groups excluding tert-OH is 2. The van der Waals surface area contributed by atoms with Gasteiger partial charge in [0.05, 0.1) is 12.7 Å². The third kappa shape index (κ3) is 4.30.